The van der Waals surface area contributed by atoms with Gasteiger partial charge < -0.3 is 10.2 Å². The molecule has 8 heteroatoms. The molecule has 3 aromatic rings. The van der Waals surface area contributed by atoms with E-state index in [1.165, 1.54) is 4.90 Å². The average molecular weight is 550 g/mol. The number of nitrogens with one attached hydrogen (secondary N) is 1. The van der Waals surface area contributed by atoms with Crippen LogP contribution < -0.4 is 9.62 Å². The van der Waals surface area contributed by atoms with Crippen LogP contribution in [0.1, 0.15) is 42.5 Å². The third kappa shape index (κ3) is 8.68. The Morgan fingerprint density at radius 2 is 1.51 bits per heavy atom. The van der Waals surface area contributed by atoms with E-state index in [2.05, 4.69) is 5.32 Å². The van der Waals surface area contributed by atoms with Gasteiger partial charge in [-0.1, -0.05) is 84.8 Å². The summed E-state index contributed by atoms with van der Waals surface area (Å²) >= 11 is 0. The van der Waals surface area contributed by atoms with Crippen LogP contribution in [0.5, 0.6) is 0 Å². The molecule has 0 saturated heterocycles. The minimum Gasteiger partial charge on any atom is -0.352 e. The van der Waals surface area contributed by atoms with Crippen LogP contribution >= 0.6 is 0 Å². The average Bonchev–Trinajstić information content (AvgIpc) is 2.89. The summed E-state index contributed by atoms with van der Waals surface area (Å²) in [5.41, 5.74) is 4.17. The molecule has 0 aromatic heterocycles. The molecule has 0 saturated carbocycles. The second-order valence-corrected chi connectivity index (χ2v) is 12.0. The highest BCUT2D eigenvalue weighted by atomic mass is 32.2. The Morgan fingerprint density at radius 1 is 0.872 bits per heavy atom. The number of aryl methyl sites for hydroxylation is 2. The van der Waals surface area contributed by atoms with Gasteiger partial charge in [-0.05, 0) is 50.5 Å². The highest BCUT2D eigenvalue weighted by molar-refractivity contribution is 7.92. The summed E-state index contributed by atoms with van der Waals surface area (Å²) < 4.78 is 26.8. The van der Waals surface area contributed by atoms with Crippen LogP contribution in [-0.4, -0.2) is 50.0 Å². The predicted octanol–water partition coefficient (Wildman–Crippen LogP) is 4.62. The molecule has 0 spiro atoms. The zero-order valence-corrected chi connectivity index (χ0v) is 24.2. The molecule has 0 bridgehead atoms. The third-order valence-electron chi connectivity index (χ3n) is 6.71. The topological polar surface area (TPSA) is 86.8 Å². The lowest BCUT2D eigenvalue weighted by Gasteiger charge is -2.34. The van der Waals surface area contributed by atoms with Crippen LogP contribution in [0.3, 0.4) is 0 Å². The summed E-state index contributed by atoms with van der Waals surface area (Å²) in [5, 5.41) is 3.04. The van der Waals surface area contributed by atoms with Gasteiger partial charge in [-0.2, -0.15) is 0 Å². The van der Waals surface area contributed by atoms with Crippen molar-refractivity contribution >= 4 is 27.5 Å². The van der Waals surface area contributed by atoms with Crippen molar-refractivity contribution in [2.24, 2.45) is 0 Å². The van der Waals surface area contributed by atoms with Crippen LogP contribution in [0.4, 0.5) is 5.69 Å². The van der Waals surface area contributed by atoms with Gasteiger partial charge in [0.2, 0.25) is 21.8 Å². The van der Waals surface area contributed by atoms with E-state index in [9.17, 15) is 18.0 Å². The second-order valence-electron chi connectivity index (χ2n) is 10.1. The SMILES string of the molecule is CC[C@@H](C)NC(=O)[C@@H](Cc1ccccc1)N(Cc1cccc(C)c1)C(=O)CN(c1ccc(C)cc1)S(C)(=O)=O. The molecule has 2 amide bonds. The standard InChI is InChI=1S/C31H39N3O4S/c1-6-25(4)32-31(36)29(20-26-12-8-7-9-13-26)33(21-27-14-10-11-24(3)19-27)30(35)22-34(39(5,37)38)28-17-15-23(2)16-18-28/h7-19,25,29H,6,20-22H2,1-5H3,(H,32,36)/t25-,29-/m1/s1. The van der Waals surface area contributed by atoms with Gasteiger partial charge in [0.05, 0.1) is 11.9 Å². The smallest absolute Gasteiger partial charge is 0.244 e. The Labute approximate surface area is 232 Å². The van der Waals surface area contributed by atoms with E-state index >= 15 is 0 Å². The van der Waals surface area contributed by atoms with E-state index in [1.807, 2.05) is 82.3 Å². The van der Waals surface area contributed by atoms with E-state index in [4.69, 9.17) is 0 Å². The van der Waals surface area contributed by atoms with Gasteiger partial charge in [0.15, 0.2) is 0 Å². The number of sulfonamides is 1. The number of nitrogens with zero attached hydrogens (tertiary/aromatic N) is 2. The maximum atomic E-state index is 14.1. The first-order valence-corrected chi connectivity index (χ1v) is 15.1. The number of carbonyl (C=O) groups is 2. The fraction of sp³-hybridized carbons (Fsp3) is 0.355. The Kier molecular flexibility index (Phi) is 10.3. The van der Waals surface area contributed by atoms with Crippen molar-refractivity contribution in [3.63, 3.8) is 0 Å². The maximum absolute atomic E-state index is 14.1. The lowest BCUT2D eigenvalue weighted by Crippen LogP contribution is -2.54. The molecule has 39 heavy (non-hydrogen) atoms. The van der Waals surface area contributed by atoms with Crippen molar-refractivity contribution < 1.29 is 18.0 Å². The highest BCUT2D eigenvalue weighted by Crippen LogP contribution is 2.21. The molecule has 0 unspecified atom stereocenters. The molecule has 0 fully saturated rings. The molecule has 1 N–H and O–H groups in total. The van der Waals surface area contributed by atoms with E-state index in [0.717, 1.165) is 39.2 Å². The summed E-state index contributed by atoms with van der Waals surface area (Å²) in [5.74, 6) is -0.724. The summed E-state index contributed by atoms with van der Waals surface area (Å²) in [6.07, 6.45) is 2.12. The molecule has 0 heterocycles. The Balaban J connectivity index is 2.05. The number of carbonyl (C=O) groups excluding carboxylic acids is 2. The summed E-state index contributed by atoms with van der Waals surface area (Å²) in [6, 6.07) is 23.4. The van der Waals surface area contributed by atoms with E-state index < -0.39 is 28.5 Å². The molecule has 0 aliphatic heterocycles. The van der Waals surface area contributed by atoms with E-state index in [1.54, 1.807) is 24.3 Å². The monoisotopic (exact) mass is 549 g/mol. The maximum Gasteiger partial charge on any atom is 0.244 e. The highest BCUT2D eigenvalue weighted by Gasteiger charge is 2.33. The van der Waals surface area contributed by atoms with Crippen molar-refractivity contribution in [2.45, 2.75) is 59.2 Å². The number of hydrogen-bond donors (Lipinski definition) is 1. The van der Waals surface area contributed by atoms with Crippen molar-refractivity contribution in [3.05, 3.63) is 101 Å². The largest absolute Gasteiger partial charge is 0.352 e. The molecule has 0 aliphatic carbocycles. The summed E-state index contributed by atoms with van der Waals surface area (Å²) in [7, 11) is -3.78. The molecule has 208 valence electrons. The molecule has 0 radical (unpaired) electrons. The van der Waals surface area contributed by atoms with Gasteiger partial charge in [-0.3, -0.25) is 13.9 Å². The minimum atomic E-state index is -3.78. The fourth-order valence-corrected chi connectivity index (χ4v) is 5.18. The number of hydrogen-bond acceptors (Lipinski definition) is 4. The van der Waals surface area contributed by atoms with Crippen LogP contribution in [0, 0.1) is 13.8 Å². The summed E-state index contributed by atoms with van der Waals surface area (Å²) in [6.45, 7) is 7.53. The molecular formula is C31H39N3O4S. The normalized spacial score (nSPS) is 12.8. The molecule has 3 aromatic carbocycles. The minimum absolute atomic E-state index is 0.0771. The molecular weight excluding hydrogens is 510 g/mol. The van der Waals surface area contributed by atoms with Crippen molar-refractivity contribution in [3.8, 4) is 0 Å². The van der Waals surface area contributed by atoms with Crippen molar-refractivity contribution in [2.75, 3.05) is 17.1 Å². The van der Waals surface area contributed by atoms with Crippen molar-refractivity contribution in [1.82, 2.24) is 10.2 Å². The fourth-order valence-electron chi connectivity index (χ4n) is 4.33. The summed E-state index contributed by atoms with van der Waals surface area (Å²) in [4.78, 5) is 29.3. The third-order valence-corrected chi connectivity index (χ3v) is 7.85. The first-order valence-electron chi connectivity index (χ1n) is 13.2. The van der Waals surface area contributed by atoms with Crippen LogP contribution in [0.2, 0.25) is 0 Å². The molecule has 3 rings (SSSR count). The van der Waals surface area contributed by atoms with Gasteiger partial charge in [-0.15, -0.1) is 0 Å². The van der Waals surface area contributed by atoms with Crippen LogP contribution in [0.25, 0.3) is 0 Å². The number of anilines is 1. The Morgan fingerprint density at radius 3 is 2.10 bits per heavy atom. The number of rotatable bonds is 12. The lowest BCUT2D eigenvalue weighted by atomic mass is 10.0. The Bertz CT molecular complexity index is 1360. The number of amides is 2. The number of benzene rings is 3. The molecule has 0 aliphatic rings. The van der Waals surface area contributed by atoms with Gasteiger partial charge in [0, 0.05) is 19.0 Å². The lowest BCUT2D eigenvalue weighted by molar-refractivity contribution is -0.140. The van der Waals surface area contributed by atoms with E-state index in [-0.39, 0.29) is 18.5 Å². The zero-order chi connectivity index (χ0) is 28.6. The van der Waals surface area contributed by atoms with E-state index in [0.29, 0.717) is 12.1 Å². The van der Waals surface area contributed by atoms with Gasteiger partial charge >= 0.3 is 0 Å². The van der Waals surface area contributed by atoms with Crippen molar-refractivity contribution in [1.29, 1.82) is 0 Å². The Hall–Kier alpha value is -3.65. The first-order chi connectivity index (χ1) is 18.5. The quantitative estimate of drug-likeness (QED) is 0.357. The van der Waals surface area contributed by atoms with Gasteiger partial charge in [0.1, 0.15) is 12.6 Å². The van der Waals surface area contributed by atoms with Gasteiger partial charge in [0.25, 0.3) is 0 Å². The zero-order valence-electron chi connectivity index (χ0n) is 23.4. The van der Waals surface area contributed by atoms with Gasteiger partial charge in [-0.25, -0.2) is 8.42 Å². The first kappa shape index (κ1) is 29.9. The molecule has 2 atom stereocenters. The second kappa shape index (κ2) is 13.4. The van der Waals surface area contributed by atoms with Crippen LogP contribution in [0.15, 0.2) is 78.9 Å². The predicted molar refractivity (Wildman–Crippen MR) is 157 cm³/mol. The molecule has 7 nitrogen and oxygen atoms in total. The van der Waals surface area contributed by atoms with Crippen LogP contribution in [-0.2, 0) is 32.6 Å².